The molecule has 1 aliphatic carbocycles. The van der Waals surface area contributed by atoms with Crippen LogP contribution in [-0.2, 0) is 10.2 Å². The van der Waals surface area contributed by atoms with E-state index in [2.05, 4.69) is 0 Å². The zero-order valence-corrected chi connectivity index (χ0v) is 10.9. The van der Waals surface area contributed by atoms with Crippen molar-refractivity contribution in [1.82, 2.24) is 0 Å². The van der Waals surface area contributed by atoms with E-state index in [0.29, 0.717) is 12.8 Å². The van der Waals surface area contributed by atoms with Gasteiger partial charge in [0.15, 0.2) is 11.5 Å². The van der Waals surface area contributed by atoms with E-state index in [9.17, 15) is 24.5 Å². The number of benzene rings is 1. The number of aromatic hydroxyl groups is 2. The van der Waals surface area contributed by atoms with E-state index in [0.717, 1.165) is 12.5 Å². The summed E-state index contributed by atoms with van der Waals surface area (Å²) in [6, 6.07) is 0.869. The van der Waals surface area contributed by atoms with Gasteiger partial charge in [-0.1, -0.05) is 30.9 Å². The fourth-order valence-electron chi connectivity index (χ4n) is 2.77. The smallest absolute Gasteiger partial charge is 0.314 e. The van der Waals surface area contributed by atoms with Crippen molar-refractivity contribution in [2.24, 2.45) is 0 Å². The van der Waals surface area contributed by atoms with Crippen LogP contribution in [0.2, 0.25) is 5.02 Å². The van der Waals surface area contributed by atoms with Crippen molar-refractivity contribution >= 4 is 17.6 Å². The molecule has 1 fully saturated rings. The molecule has 1 aromatic carbocycles. The summed E-state index contributed by atoms with van der Waals surface area (Å²) >= 11 is 5.64. The van der Waals surface area contributed by atoms with Crippen molar-refractivity contribution in [3.8, 4) is 11.5 Å². The quantitative estimate of drug-likeness (QED) is 0.730. The van der Waals surface area contributed by atoms with Crippen molar-refractivity contribution in [1.29, 1.82) is 0 Å². The molecule has 2 rings (SSSR count). The van der Waals surface area contributed by atoms with E-state index in [-0.39, 0.29) is 12.8 Å². The molecule has 6 heteroatoms. The number of carboxylic acids is 1. The molecule has 1 aromatic rings. The van der Waals surface area contributed by atoms with Crippen LogP contribution >= 0.6 is 11.6 Å². The van der Waals surface area contributed by atoms with Gasteiger partial charge >= 0.3 is 5.97 Å². The monoisotopic (exact) mass is 288 g/mol. The number of carboxylic acid groups (broad SMARTS) is 1. The van der Waals surface area contributed by atoms with Gasteiger partial charge in [0.1, 0.15) is 5.82 Å². The minimum absolute atomic E-state index is 0.215. The number of phenolic OH excluding ortho intramolecular Hbond substituents is 2. The van der Waals surface area contributed by atoms with Gasteiger partial charge in [-0.25, -0.2) is 4.39 Å². The lowest BCUT2D eigenvalue weighted by Crippen LogP contribution is -2.38. The van der Waals surface area contributed by atoms with Crippen LogP contribution in [0.3, 0.4) is 0 Å². The largest absolute Gasteiger partial charge is 0.504 e. The zero-order valence-electron chi connectivity index (χ0n) is 10.1. The number of phenols is 2. The van der Waals surface area contributed by atoms with Gasteiger partial charge in [0.25, 0.3) is 0 Å². The molecule has 0 spiro atoms. The summed E-state index contributed by atoms with van der Waals surface area (Å²) in [6.07, 6.45) is 2.54. The number of carbonyl (C=O) groups is 1. The summed E-state index contributed by atoms with van der Waals surface area (Å²) in [5, 5.41) is 28.5. The summed E-state index contributed by atoms with van der Waals surface area (Å²) in [6.45, 7) is 0. The van der Waals surface area contributed by atoms with Crippen molar-refractivity contribution in [3.63, 3.8) is 0 Å². The van der Waals surface area contributed by atoms with Gasteiger partial charge < -0.3 is 15.3 Å². The zero-order chi connectivity index (χ0) is 14.2. The first-order valence-corrected chi connectivity index (χ1v) is 6.42. The molecule has 3 N–H and O–H groups in total. The topological polar surface area (TPSA) is 77.8 Å². The highest BCUT2D eigenvalue weighted by Gasteiger charge is 2.46. The van der Waals surface area contributed by atoms with Crippen LogP contribution in [0, 0.1) is 5.82 Å². The summed E-state index contributed by atoms with van der Waals surface area (Å²) in [4.78, 5) is 11.6. The molecule has 0 aliphatic heterocycles. The average Bonchev–Trinajstić information content (AvgIpc) is 2.37. The molecule has 1 saturated carbocycles. The first kappa shape index (κ1) is 13.9. The van der Waals surface area contributed by atoms with Crippen LogP contribution in [0.1, 0.15) is 37.7 Å². The Morgan fingerprint density at radius 3 is 2.37 bits per heavy atom. The lowest BCUT2D eigenvalue weighted by Gasteiger charge is -2.34. The minimum Gasteiger partial charge on any atom is -0.504 e. The maximum Gasteiger partial charge on any atom is 0.314 e. The molecule has 0 heterocycles. The molecule has 0 saturated heterocycles. The molecule has 0 bridgehead atoms. The fraction of sp³-hybridized carbons (Fsp3) is 0.462. The van der Waals surface area contributed by atoms with Gasteiger partial charge in [0, 0.05) is 6.07 Å². The number of hydrogen-bond acceptors (Lipinski definition) is 3. The average molecular weight is 289 g/mol. The minimum atomic E-state index is -1.52. The Morgan fingerprint density at radius 2 is 1.84 bits per heavy atom. The second kappa shape index (κ2) is 4.89. The molecule has 0 unspecified atom stereocenters. The number of rotatable bonds is 2. The van der Waals surface area contributed by atoms with Crippen LogP contribution < -0.4 is 0 Å². The van der Waals surface area contributed by atoms with E-state index >= 15 is 0 Å². The van der Waals surface area contributed by atoms with Crippen LogP contribution in [0.5, 0.6) is 11.5 Å². The lowest BCUT2D eigenvalue weighted by molar-refractivity contribution is -0.145. The number of halogens is 2. The molecule has 0 amide bonds. The van der Waals surface area contributed by atoms with Gasteiger partial charge in [0.2, 0.25) is 0 Å². The molecular weight excluding hydrogens is 275 g/mol. The fourth-order valence-corrected chi connectivity index (χ4v) is 2.96. The molecule has 104 valence electrons. The van der Waals surface area contributed by atoms with E-state index in [4.69, 9.17) is 11.6 Å². The van der Waals surface area contributed by atoms with Crippen molar-refractivity contribution < 1.29 is 24.5 Å². The number of aliphatic carboxylic acids is 1. The third-order valence-electron chi connectivity index (χ3n) is 3.77. The highest BCUT2D eigenvalue weighted by Crippen LogP contribution is 2.48. The Balaban J connectivity index is 2.70. The molecule has 1 aliphatic rings. The van der Waals surface area contributed by atoms with Gasteiger partial charge in [0.05, 0.1) is 16.0 Å². The predicted octanol–water partition coefficient (Wildman–Crippen LogP) is 3.18. The maximum absolute atomic E-state index is 14.2. The Morgan fingerprint density at radius 1 is 1.26 bits per heavy atom. The summed E-state index contributed by atoms with van der Waals surface area (Å²) in [5.74, 6) is -3.51. The van der Waals surface area contributed by atoms with Crippen molar-refractivity contribution in [2.45, 2.75) is 37.5 Å². The lowest BCUT2D eigenvalue weighted by atomic mass is 9.69. The Kier molecular flexibility index (Phi) is 3.58. The van der Waals surface area contributed by atoms with E-state index in [1.54, 1.807) is 0 Å². The highest BCUT2D eigenvalue weighted by atomic mass is 35.5. The SMILES string of the molecule is O=C(O)C1(c2c(O)c(O)cc(Cl)c2F)CCCCC1. The van der Waals surface area contributed by atoms with E-state index in [1.807, 2.05) is 0 Å². The van der Waals surface area contributed by atoms with Crippen LogP contribution in [-0.4, -0.2) is 21.3 Å². The third kappa shape index (κ3) is 2.12. The van der Waals surface area contributed by atoms with Crippen molar-refractivity contribution in [2.75, 3.05) is 0 Å². The normalized spacial score (nSPS) is 18.2. The summed E-state index contributed by atoms with van der Waals surface area (Å²) < 4.78 is 14.2. The molecule has 0 atom stereocenters. The molecule has 0 radical (unpaired) electrons. The highest BCUT2D eigenvalue weighted by molar-refractivity contribution is 6.31. The van der Waals surface area contributed by atoms with Gasteiger partial charge in [-0.2, -0.15) is 0 Å². The second-order valence-electron chi connectivity index (χ2n) is 4.86. The third-order valence-corrected chi connectivity index (χ3v) is 4.04. The first-order valence-electron chi connectivity index (χ1n) is 6.04. The molecule has 0 aromatic heterocycles. The number of hydrogen-bond donors (Lipinski definition) is 3. The molecule has 4 nitrogen and oxygen atoms in total. The Labute approximate surface area is 114 Å². The van der Waals surface area contributed by atoms with Gasteiger partial charge in [-0.15, -0.1) is 0 Å². The Hall–Kier alpha value is -1.49. The van der Waals surface area contributed by atoms with E-state index < -0.39 is 39.3 Å². The maximum atomic E-state index is 14.2. The van der Waals surface area contributed by atoms with Gasteiger partial charge in [-0.3, -0.25) is 4.79 Å². The van der Waals surface area contributed by atoms with Crippen LogP contribution in [0.15, 0.2) is 6.07 Å². The molecular formula is C13H14ClFO4. The van der Waals surface area contributed by atoms with E-state index in [1.165, 1.54) is 0 Å². The predicted molar refractivity (Wildman–Crippen MR) is 67.1 cm³/mol. The summed E-state index contributed by atoms with van der Waals surface area (Å²) in [5.41, 5.74) is -1.92. The second-order valence-corrected chi connectivity index (χ2v) is 5.27. The van der Waals surface area contributed by atoms with Crippen LogP contribution in [0.25, 0.3) is 0 Å². The standard InChI is InChI=1S/C13H14ClFO4/c14-7-6-8(16)11(17)9(10(7)15)13(12(18)19)4-2-1-3-5-13/h6,16-17H,1-5H2,(H,18,19). The van der Waals surface area contributed by atoms with Crippen LogP contribution in [0.4, 0.5) is 4.39 Å². The summed E-state index contributed by atoms with van der Waals surface area (Å²) in [7, 11) is 0. The Bertz CT molecular complexity index is 498. The van der Waals surface area contributed by atoms with Crippen molar-refractivity contribution in [3.05, 3.63) is 22.5 Å². The first-order chi connectivity index (χ1) is 8.90. The van der Waals surface area contributed by atoms with Gasteiger partial charge in [-0.05, 0) is 12.8 Å². The molecule has 19 heavy (non-hydrogen) atoms.